The molecule has 1 aliphatic rings. The molecule has 2 atom stereocenters. The van der Waals surface area contributed by atoms with Gasteiger partial charge in [-0.15, -0.1) is 0 Å². The van der Waals surface area contributed by atoms with Gasteiger partial charge in [0.05, 0.1) is 11.4 Å². The van der Waals surface area contributed by atoms with Crippen LogP contribution < -0.4 is 5.32 Å². The van der Waals surface area contributed by atoms with E-state index in [2.05, 4.69) is 29.4 Å². The Morgan fingerprint density at radius 1 is 1.37 bits per heavy atom. The summed E-state index contributed by atoms with van der Waals surface area (Å²) >= 11 is 0. The van der Waals surface area contributed by atoms with E-state index in [-0.39, 0.29) is 0 Å². The summed E-state index contributed by atoms with van der Waals surface area (Å²) in [5.41, 5.74) is 1.17. The minimum atomic E-state index is -3.45. The molecular formula is C12H22N4O2S. The normalized spacial score (nSPS) is 25.1. The minimum absolute atomic E-state index is 0.336. The van der Waals surface area contributed by atoms with Crippen LogP contribution in [0, 0.1) is 18.8 Å². The Bertz CT molecular complexity index is 542. The smallest absolute Gasteiger partial charge is 0.246 e. The number of aryl methyl sites for hydroxylation is 1. The van der Waals surface area contributed by atoms with E-state index < -0.39 is 10.0 Å². The summed E-state index contributed by atoms with van der Waals surface area (Å²) < 4.78 is 27.1. The number of aromatic amines is 1. The average Bonchev–Trinajstić information content (AvgIpc) is 2.85. The molecule has 0 aliphatic carbocycles. The summed E-state index contributed by atoms with van der Waals surface area (Å²) in [5, 5.41) is 9.82. The van der Waals surface area contributed by atoms with Crippen molar-refractivity contribution in [2.45, 2.75) is 32.2 Å². The SMILES string of the molecule is CNCc1n[nH]c(C)c1S(=O)(=O)N1CC(C)C(C)C1. The van der Waals surface area contributed by atoms with Crippen molar-refractivity contribution in [2.24, 2.45) is 11.8 Å². The van der Waals surface area contributed by atoms with Crippen molar-refractivity contribution in [1.29, 1.82) is 0 Å². The molecule has 2 unspecified atom stereocenters. The highest BCUT2D eigenvalue weighted by Gasteiger charge is 2.37. The lowest BCUT2D eigenvalue weighted by molar-refractivity contribution is 0.462. The van der Waals surface area contributed by atoms with Crippen molar-refractivity contribution in [2.75, 3.05) is 20.1 Å². The van der Waals surface area contributed by atoms with Crippen LogP contribution in [0.5, 0.6) is 0 Å². The number of rotatable bonds is 4. The molecular weight excluding hydrogens is 264 g/mol. The zero-order valence-electron chi connectivity index (χ0n) is 11.9. The van der Waals surface area contributed by atoms with Gasteiger partial charge in [0.25, 0.3) is 0 Å². The third kappa shape index (κ3) is 2.54. The van der Waals surface area contributed by atoms with E-state index in [1.165, 1.54) is 0 Å². The van der Waals surface area contributed by atoms with Crippen molar-refractivity contribution in [3.63, 3.8) is 0 Å². The zero-order valence-corrected chi connectivity index (χ0v) is 12.7. The van der Waals surface area contributed by atoms with E-state index in [0.29, 0.717) is 47.8 Å². The first-order chi connectivity index (χ1) is 8.87. The molecule has 2 heterocycles. The Morgan fingerprint density at radius 3 is 2.47 bits per heavy atom. The topological polar surface area (TPSA) is 78.1 Å². The largest absolute Gasteiger partial charge is 0.314 e. The Morgan fingerprint density at radius 2 is 1.95 bits per heavy atom. The molecule has 108 valence electrons. The third-order valence-corrected chi connectivity index (χ3v) is 5.89. The van der Waals surface area contributed by atoms with Gasteiger partial charge in [0, 0.05) is 19.6 Å². The van der Waals surface area contributed by atoms with Crippen molar-refractivity contribution >= 4 is 10.0 Å². The molecule has 6 nitrogen and oxygen atoms in total. The molecule has 0 radical (unpaired) electrons. The number of hydrogen-bond donors (Lipinski definition) is 2. The minimum Gasteiger partial charge on any atom is -0.314 e. The van der Waals surface area contributed by atoms with Gasteiger partial charge in [0.2, 0.25) is 10.0 Å². The predicted molar refractivity (Wildman–Crippen MR) is 73.2 cm³/mol. The lowest BCUT2D eigenvalue weighted by Gasteiger charge is -2.16. The van der Waals surface area contributed by atoms with Crippen molar-refractivity contribution in [3.8, 4) is 0 Å². The van der Waals surface area contributed by atoms with Gasteiger partial charge in [-0.3, -0.25) is 5.10 Å². The molecule has 1 aromatic rings. The Hall–Kier alpha value is -0.920. The fraction of sp³-hybridized carbons (Fsp3) is 0.750. The van der Waals surface area contributed by atoms with Crippen LogP contribution in [0.2, 0.25) is 0 Å². The molecule has 2 rings (SSSR count). The van der Waals surface area contributed by atoms with Gasteiger partial charge in [-0.2, -0.15) is 9.40 Å². The van der Waals surface area contributed by atoms with Crippen LogP contribution in [-0.2, 0) is 16.6 Å². The maximum atomic E-state index is 12.7. The summed E-state index contributed by atoms with van der Waals surface area (Å²) in [6.07, 6.45) is 0. The zero-order chi connectivity index (χ0) is 14.2. The molecule has 1 aliphatic heterocycles. The third-order valence-electron chi connectivity index (χ3n) is 3.86. The molecule has 2 N–H and O–H groups in total. The maximum absolute atomic E-state index is 12.7. The second kappa shape index (κ2) is 5.22. The number of H-pyrrole nitrogens is 1. The molecule has 1 aromatic heterocycles. The highest BCUT2D eigenvalue weighted by atomic mass is 32.2. The molecule has 19 heavy (non-hydrogen) atoms. The van der Waals surface area contributed by atoms with Gasteiger partial charge in [-0.05, 0) is 25.8 Å². The molecule has 0 spiro atoms. The molecule has 0 bridgehead atoms. The number of nitrogens with zero attached hydrogens (tertiary/aromatic N) is 2. The van der Waals surface area contributed by atoms with Crippen molar-refractivity contribution in [3.05, 3.63) is 11.4 Å². The highest BCUT2D eigenvalue weighted by Crippen LogP contribution is 2.30. The summed E-state index contributed by atoms with van der Waals surface area (Å²) in [7, 11) is -1.67. The van der Waals surface area contributed by atoms with Crippen molar-refractivity contribution in [1.82, 2.24) is 19.8 Å². The summed E-state index contributed by atoms with van der Waals surface area (Å²) in [5.74, 6) is 0.796. The molecule has 0 saturated carbocycles. The van der Waals surface area contributed by atoms with Gasteiger partial charge in [0.1, 0.15) is 4.90 Å². The van der Waals surface area contributed by atoms with Gasteiger partial charge in [-0.1, -0.05) is 13.8 Å². The van der Waals surface area contributed by atoms with Gasteiger partial charge < -0.3 is 5.32 Å². The van der Waals surface area contributed by atoms with Crippen LogP contribution in [0.15, 0.2) is 4.90 Å². The standard InChI is InChI=1S/C12H22N4O2S/c1-8-6-16(7-9(8)2)19(17,18)12-10(3)14-15-11(12)5-13-4/h8-9,13H,5-7H2,1-4H3,(H,14,15). The first kappa shape index (κ1) is 14.5. The molecule has 1 saturated heterocycles. The second-order valence-electron chi connectivity index (χ2n) is 5.43. The maximum Gasteiger partial charge on any atom is 0.246 e. The molecule has 0 amide bonds. The quantitative estimate of drug-likeness (QED) is 0.854. The van der Waals surface area contributed by atoms with E-state index in [1.807, 2.05) is 0 Å². The number of hydrogen-bond acceptors (Lipinski definition) is 4. The van der Waals surface area contributed by atoms with E-state index in [1.54, 1.807) is 18.3 Å². The fourth-order valence-electron chi connectivity index (χ4n) is 2.50. The molecule has 1 fully saturated rings. The van der Waals surface area contributed by atoms with Crippen LogP contribution in [-0.4, -0.2) is 43.1 Å². The van der Waals surface area contributed by atoms with Gasteiger partial charge in [0.15, 0.2) is 0 Å². The van der Waals surface area contributed by atoms with Crippen LogP contribution in [0.4, 0.5) is 0 Å². The second-order valence-corrected chi connectivity index (χ2v) is 7.31. The van der Waals surface area contributed by atoms with Crippen LogP contribution in [0.25, 0.3) is 0 Å². The van der Waals surface area contributed by atoms with Crippen LogP contribution in [0.1, 0.15) is 25.2 Å². The lowest BCUT2D eigenvalue weighted by atomic mass is 10.0. The van der Waals surface area contributed by atoms with E-state index in [0.717, 1.165) is 0 Å². The number of nitrogens with one attached hydrogen (secondary N) is 2. The van der Waals surface area contributed by atoms with Gasteiger partial charge in [-0.25, -0.2) is 8.42 Å². The van der Waals surface area contributed by atoms with Crippen LogP contribution in [0.3, 0.4) is 0 Å². The van der Waals surface area contributed by atoms with Crippen molar-refractivity contribution < 1.29 is 8.42 Å². The average molecular weight is 286 g/mol. The predicted octanol–water partition coefficient (Wildman–Crippen LogP) is 0.714. The highest BCUT2D eigenvalue weighted by molar-refractivity contribution is 7.89. The first-order valence-electron chi connectivity index (χ1n) is 6.56. The van der Waals surface area contributed by atoms with E-state index in [4.69, 9.17) is 0 Å². The lowest BCUT2D eigenvalue weighted by Crippen LogP contribution is -2.30. The van der Waals surface area contributed by atoms with E-state index in [9.17, 15) is 8.42 Å². The summed E-state index contributed by atoms with van der Waals surface area (Å²) in [6, 6.07) is 0. The summed E-state index contributed by atoms with van der Waals surface area (Å²) in [6.45, 7) is 7.56. The Kier molecular flexibility index (Phi) is 3.98. The number of aromatic nitrogens is 2. The Balaban J connectivity index is 2.37. The van der Waals surface area contributed by atoms with Crippen LogP contribution >= 0.6 is 0 Å². The van der Waals surface area contributed by atoms with Gasteiger partial charge >= 0.3 is 0 Å². The number of sulfonamides is 1. The fourth-order valence-corrected chi connectivity index (χ4v) is 4.47. The molecule has 7 heteroatoms. The molecule has 0 aromatic carbocycles. The Labute approximate surface area is 114 Å². The first-order valence-corrected chi connectivity index (χ1v) is 8.00. The van der Waals surface area contributed by atoms with E-state index >= 15 is 0 Å². The summed E-state index contributed by atoms with van der Waals surface area (Å²) in [4.78, 5) is 0.336. The monoisotopic (exact) mass is 286 g/mol.